The number of nitrogens with one attached hydrogen (secondary N) is 1. The van der Waals surface area contributed by atoms with Gasteiger partial charge in [0.05, 0.1) is 24.0 Å². The molecule has 0 fully saturated rings. The van der Waals surface area contributed by atoms with Gasteiger partial charge in [-0.05, 0) is 48.0 Å². The molecule has 136 valence electrons. The van der Waals surface area contributed by atoms with Crippen LogP contribution >= 0.6 is 11.6 Å². The Balaban J connectivity index is 1.56. The molecule has 0 saturated carbocycles. The van der Waals surface area contributed by atoms with Gasteiger partial charge in [-0.1, -0.05) is 11.6 Å². The second kappa shape index (κ2) is 7.61. The monoisotopic (exact) mass is 382 g/mol. The number of aliphatic hydroxyl groups excluding tert-OH is 1. The van der Waals surface area contributed by atoms with Crippen LogP contribution in [0.3, 0.4) is 0 Å². The second-order valence-corrected chi connectivity index (χ2v) is 6.19. The lowest BCUT2D eigenvalue weighted by Gasteiger charge is -2.09. The standard InChI is InChI=1S/C19H15ClN4O3/c20-13-1-3-14(4-2-13)22-18-16-6-8-26-17(16)19(24-23-18)27-11-12-5-7-21-15(9-12)10-25/h1-9,25H,10-11H2,(H,22,23). The third kappa shape index (κ3) is 3.84. The Bertz CT molecular complexity index is 1070. The van der Waals surface area contributed by atoms with Crippen LogP contribution in [0.5, 0.6) is 5.88 Å². The lowest BCUT2D eigenvalue weighted by Crippen LogP contribution is -2.02. The molecule has 1 aromatic carbocycles. The van der Waals surface area contributed by atoms with Crippen LogP contribution in [0.1, 0.15) is 11.3 Å². The third-order valence-corrected chi connectivity index (χ3v) is 4.13. The van der Waals surface area contributed by atoms with E-state index in [1.165, 1.54) is 0 Å². The molecule has 0 saturated heterocycles. The van der Waals surface area contributed by atoms with Crippen LogP contribution in [0, 0.1) is 0 Å². The van der Waals surface area contributed by atoms with Crippen molar-refractivity contribution in [3.63, 3.8) is 0 Å². The molecule has 0 spiro atoms. The summed E-state index contributed by atoms with van der Waals surface area (Å²) < 4.78 is 11.3. The summed E-state index contributed by atoms with van der Waals surface area (Å²) in [5.74, 6) is 0.846. The maximum atomic E-state index is 9.17. The Kier molecular flexibility index (Phi) is 4.86. The number of ether oxygens (including phenoxy) is 1. The largest absolute Gasteiger partial charge is 0.469 e. The zero-order chi connectivity index (χ0) is 18.6. The number of rotatable bonds is 6. The van der Waals surface area contributed by atoms with Gasteiger partial charge in [0.25, 0.3) is 5.88 Å². The summed E-state index contributed by atoms with van der Waals surface area (Å²) in [4.78, 5) is 4.04. The van der Waals surface area contributed by atoms with Crippen LogP contribution in [0.2, 0.25) is 5.02 Å². The summed E-state index contributed by atoms with van der Waals surface area (Å²) in [7, 11) is 0. The number of aliphatic hydroxyl groups is 1. The smallest absolute Gasteiger partial charge is 0.278 e. The lowest BCUT2D eigenvalue weighted by atomic mass is 10.2. The molecule has 4 aromatic rings. The highest BCUT2D eigenvalue weighted by Crippen LogP contribution is 2.31. The van der Waals surface area contributed by atoms with E-state index in [9.17, 15) is 5.11 Å². The normalized spacial score (nSPS) is 10.9. The van der Waals surface area contributed by atoms with Crippen LogP contribution in [0.15, 0.2) is 59.3 Å². The van der Waals surface area contributed by atoms with Gasteiger partial charge >= 0.3 is 0 Å². The van der Waals surface area contributed by atoms with Crippen molar-refractivity contribution in [1.29, 1.82) is 0 Å². The highest BCUT2D eigenvalue weighted by atomic mass is 35.5. The third-order valence-electron chi connectivity index (χ3n) is 3.88. The maximum Gasteiger partial charge on any atom is 0.278 e. The van der Waals surface area contributed by atoms with Crippen LogP contribution in [0.25, 0.3) is 11.0 Å². The van der Waals surface area contributed by atoms with E-state index in [0.29, 0.717) is 28.0 Å². The molecule has 2 N–H and O–H groups in total. The number of fused-ring (bicyclic) bond motifs is 1. The number of pyridine rings is 1. The molecule has 0 unspecified atom stereocenters. The minimum atomic E-state index is -0.124. The molecule has 27 heavy (non-hydrogen) atoms. The first-order valence-electron chi connectivity index (χ1n) is 8.17. The zero-order valence-corrected chi connectivity index (χ0v) is 14.8. The topological polar surface area (TPSA) is 93.3 Å². The Morgan fingerprint density at radius 1 is 1.11 bits per heavy atom. The van der Waals surface area contributed by atoms with Crippen LogP contribution in [-0.2, 0) is 13.2 Å². The average molecular weight is 383 g/mol. The molecule has 0 aliphatic carbocycles. The van der Waals surface area contributed by atoms with Gasteiger partial charge in [-0.15, -0.1) is 10.2 Å². The first-order valence-corrected chi connectivity index (χ1v) is 8.54. The van der Waals surface area contributed by atoms with Gasteiger partial charge in [0.15, 0.2) is 5.82 Å². The van der Waals surface area contributed by atoms with E-state index in [4.69, 9.17) is 20.8 Å². The first-order chi connectivity index (χ1) is 13.2. The Morgan fingerprint density at radius 3 is 2.78 bits per heavy atom. The number of nitrogens with zero attached hydrogens (tertiary/aromatic N) is 3. The minimum Gasteiger partial charge on any atom is -0.469 e. The first kappa shape index (κ1) is 17.3. The molecule has 0 aliphatic heterocycles. The SMILES string of the molecule is OCc1cc(COc2nnc(Nc3ccc(Cl)cc3)c3ccoc23)ccn1. The van der Waals surface area contributed by atoms with Crippen molar-refractivity contribution in [2.24, 2.45) is 0 Å². The van der Waals surface area contributed by atoms with E-state index < -0.39 is 0 Å². The molecule has 4 rings (SSSR count). The molecule has 7 nitrogen and oxygen atoms in total. The van der Waals surface area contributed by atoms with Crippen LogP contribution in [-0.4, -0.2) is 20.3 Å². The Hall–Kier alpha value is -3.16. The lowest BCUT2D eigenvalue weighted by molar-refractivity contribution is 0.274. The fourth-order valence-electron chi connectivity index (χ4n) is 2.57. The van der Waals surface area contributed by atoms with Gasteiger partial charge in [-0.2, -0.15) is 0 Å². The number of halogens is 1. The predicted molar refractivity (Wildman–Crippen MR) is 101 cm³/mol. The molecule has 0 bridgehead atoms. The number of aromatic nitrogens is 3. The van der Waals surface area contributed by atoms with Gasteiger partial charge < -0.3 is 19.6 Å². The number of benzene rings is 1. The average Bonchev–Trinajstić information content (AvgIpc) is 3.20. The molecule has 0 amide bonds. The number of furan rings is 1. The van der Waals surface area contributed by atoms with Gasteiger partial charge in [-0.3, -0.25) is 4.98 Å². The highest BCUT2D eigenvalue weighted by Gasteiger charge is 2.14. The summed E-state index contributed by atoms with van der Waals surface area (Å²) in [6.45, 7) is 0.130. The number of hydrogen-bond acceptors (Lipinski definition) is 7. The van der Waals surface area contributed by atoms with Crippen molar-refractivity contribution < 1.29 is 14.3 Å². The predicted octanol–water partition coefficient (Wildman–Crippen LogP) is 4.09. The van der Waals surface area contributed by atoms with Crippen molar-refractivity contribution in [1.82, 2.24) is 15.2 Å². The second-order valence-electron chi connectivity index (χ2n) is 5.75. The quantitative estimate of drug-likeness (QED) is 0.518. The van der Waals surface area contributed by atoms with E-state index in [1.807, 2.05) is 18.2 Å². The van der Waals surface area contributed by atoms with E-state index in [2.05, 4.69) is 20.5 Å². The summed E-state index contributed by atoms with van der Waals surface area (Å²) in [6.07, 6.45) is 3.18. The summed E-state index contributed by atoms with van der Waals surface area (Å²) >= 11 is 5.91. The van der Waals surface area contributed by atoms with Crippen molar-refractivity contribution in [2.45, 2.75) is 13.2 Å². The minimum absolute atomic E-state index is 0.124. The van der Waals surface area contributed by atoms with E-state index in [1.54, 1.807) is 36.7 Å². The fraction of sp³-hybridized carbons (Fsp3) is 0.105. The zero-order valence-electron chi connectivity index (χ0n) is 14.1. The van der Waals surface area contributed by atoms with Gasteiger partial charge in [0.1, 0.15) is 6.61 Å². The van der Waals surface area contributed by atoms with Gasteiger partial charge in [0, 0.05) is 16.9 Å². The molecule has 0 radical (unpaired) electrons. The van der Waals surface area contributed by atoms with E-state index >= 15 is 0 Å². The number of anilines is 2. The Morgan fingerprint density at radius 2 is 1.96 bits per heavy atom. The fourth-order valence-corrected chi connectivity index (χ4v) is 2.69. The molecular weight excluding hydrogens is 368 g/mol. The molecular formula is C19H15ClN4O3. The van der Waals surface area contributed by atoms with Crippen molar-refractivity contribution in [3.05, 3.63) is 71.2 Å². The molecule has 3 aromatic heterocycles. The van der Waals surface area contributed by atoms with Crippen LogP contribution in [0.4, 0.5) is 11.5 Å². The van der Waals surface area contributed by atoms with Crippen molar-refractivity contribution in [3.8, 4) is 5.88 Å². The highest BCUT2D eigenvalue weighted by molar-refractivity contribution is 6.30. The van der Waals surface area contributed by atoms with Crippen molar-refractivity contribution in [2.75, 3.05) is 5.32 Å². The summed E-state index contributed by atoms with van der Waals surface area (Å²) in [5, 5.41) is 22.1. The molecule has 0 atom stereocenters. The Labute approximate surface area is 159 Å². The number of hydrogen-bond donors (Lipinski definition) is 2. The summed E-state index contributed by atoms with van der Waals surface area (Å²) in [6, 6.07) is 12.6. The van der Waals surface area contributed by atoms with E-state index in [-0.39, 0.29) is 13.2 Å². The maximum absolute atomic E-state index is 9.17. The van der Waals surface area contributed by atoms with E-state index in [0.717, 1.165) is 16.6 Å². The van der Waals surface area contributed by atoms with Gasteiger partial charge in [0.2, 0.25) is 5.58 Å². The molecule has 8 heteroatoms. The van der Waals surface area contributed by atoms with Gasteiger partial charge in [-0.25, -0.2) is 0 Å². The molecule has 0 aliphatic rings. The van der Waals surface area contributed by atoms with Crippen molar-refractivity contribution >= 4 is 34.1 Å². The summed E-state index contributed by atoms with van der Waals surface area (Å²) in [5.41, 5.74) is 2.77. The van der Waals surface area contributed by atoms with Crippen LogP contribution < -0.4 is 10.1 Å². The molecule has 3 heterocycles.